The van der Waals surface area contributed by atoms with E-state index in [9.17, 15) is 19.0 Å². The number of carbonyl (C=O) groups excluding carboxylic acids is 2. The van der Waals surface area contributed by atoms with Gasteiger partial charge in [-0.15, -0.1) is 0 Å². The number of likely N-dealkylation sites (N-methyl/N-ethyl adjacent to an activating group) is 1. The number of esters is 2. The van der Waals surface area contributed by atoms with E-state index in [1.165, 1.54) is 70.6 Å². The summed E-state index contributed by atoms with van der Waals surface area (Å²) in [4.78, 5) is 37.7. The molecule has 0 fully saturated rings. The fourth-order valence-electron chi connectivity index (χ4n) is 6.56. The molecule has 0 amide bonds. The number of allylic oxidation sites excluding steroid dienone is 12. The topological polar surface area (TPSA) is 111 Å². The predicted molar refractivity (Wildman–Crippen MR) is 263 cm³/mol. The van der Waals surface area contributed by atoms with E-state index in [0.29, 0.717) is 23.9 Å². The highest BCUT2D eigenvalue weighted by atomic mass is 31.2. The van der Waals surface area contributed by atoms with Gasteiger partial charge in [0.2, 0.25) is 0 Å². The lowest BCUT2D eigenvalue weighted by Gasteiger charge is -2.28. The predicted octanol–water partition coefficient (Wildman–Crippen LogP) is 14.3. The lowest BCUT2D eigenvalue weighted by molar-refractivity contribution is -0.870. The summed E-state index contributed by atoms with van der Waals surface area (Å²) in [7, 11) is 1.15. The Bertz CT molecular complexity index is 1300. The zero-order chi connectivity index (χ0) is 46.4. The number of phosphoric acid groups is 1. The molecule has 0 bridgehead atoms. The maximum Gasteiger partial charge on any atom is 0.306 e. The van der Waals surface area contributed by atoms with Crippen LogP contribution in [0.25, 0.3) is 0 Å². The van der Waals surface area contributed by atoms with E-state index in [0.717, 1.165) is 89.9 Å². The molecule has 0 saturated heterocycles. The molecule has 0 N–H and O–H groups in total. The number of ether oxygens (including phenoxy) is 2. The molecule has 63 heavy (non-hydrogen) atoms. The summed E-state index contributed by atoms with van der Waals surface area (Å²) < 4.78 is 34.0. The van der Waals surface area contributed by atoms with Gasteiger partial charge in [0.1, 0.15) is 19.8 Å². The second-order valence-electron chi connectivity index (χ2n) is 17.8. The fraction of sp³-hybridized carbons (Fsp3) is 0.736. The first kappa shape index (κ1) is 60.5. The highest BCUT2D eigenvalue weighted by Gasteiger charge is 2.21. The van der Waals surface area contributed by atoms with Crippen LogP contribution in [0.5, 0.6) is 0 Å². The maximum absolute atomic E-state index is 12.7. The molecule has 0 spiro atoms. The smallest absolute Gasteiger partial charge is 0.306 e. The third kappa shape index (κ3) is 48.7. The number of nitrogens with zero attached hydrogens (tertiary/aromatic N) is 1. The van der Waals surface area contributed by atoms with Crippen molar-refractivity contribution in [3.05, 3.63) is 72.9 Å². The third-order valence-electron chi connectivity index (χ3n) is 10.5. The van der Waals surface area contributed by atoms with Crippen LogP contribution in [0, 0.1) is 0 Å². The van der Waals surface area contributed by atoms with Gasteiger partial charge in [-0.1, -0.05) is 177 Å². The second-order valence-corrected chi connectivity index (χ2v) is 19.2. The van der Waals surface area contributed by atoms with E-state index < -0.39 is 32.5 Å². The van der Waals surface area contributed by atoms with Gasteiger partial charge >= 0.3 is 11.9 Å². The normalized spacial score (nSPS) is 14.1. The molecule has 0 radical (unpaired) electrons. The third-order valence-corrected chi connectivity index (χ3v) is 11.4. The quantitative estimate of drug-likeness (QED) is 0.0195. The van der Waals surface area contributed by atoms with Crippen LogP contribution < -0.4 is 4.89 Å². The van der Waals surface area contributed by atoms with Crippen LogP contribution in [0.15, 0.2) is 72.9 Å². The molecule has 0 heterocycles. The minimum Gasteiger partial charge on any atom is -0.756 e. The van der Waals surface area contributed by atoms with Crippen molar-refractivity contribution in [1.82, 2.24) is 0 Å². The van der Waals surface area contributed by atoms with Crippen molar-refractivity contribution in [2.75, 3.05) is 47.5 Å². The number of carbonyl (C=O) groups is 2. The molecule has 0 aromatic carbocycles. The van der Waals surface area contributed by atoms with E-state index in [1.54, 1.807) is 0 Å². The van der Waals surface area contributed by atoms with Gasteiger partial charge in [0.25, 0.3) is 7.82 Å². The molecule has 0 aromatic heterocycles. The first-order valence-corrected chi connectivity index (χ1v) is 26.6. The van der Waals surface area contributed by atoms with E-state index in [1.807, 2.05) is 21.1 Å². The lowest BCUT2D eigenvalue weighted by atomic mass is 10.0. The molecule has 2 unspecified atom stereocenters. The second kappa shape index (κ2) is 44.6. The molecule has 0 aliphatic carbocycles. The number of rotatable bonds is 45. The van der Waals surface area contributed by atoms with Gasteiger partial charge in [-0.25, -0.2) is 0 Å². The van der Waals surface area contributed by atoms with Gasteiger partial charge in [-0.3, -0.25) is 14.2 Å². The largest absolute Gasteiger partial charge is 0.756 e. The molecule has 0 rings (SSSR count). The summed E-state index contributed by atoms with van der Waals surface area (Å²) >= 11 is 0. The summed E-state index contributed by atoms with van der Waals surface area (Å²) in [5, 5.41) is 0. The number of unbranched alkanes of at least 4 members (excludes halogenated alkanes) is 19. The van der Waals surface area contributed by atoms with E-state index in [2.05, 4.69) is 86.8 Å². The Morgan fingerprint density at radius 2 is 0.905 bits per heavy atom. The molecule has 0 aliphatic heterocycles. The lowest BCUT2D eigenvalue weighted by Crippen LogP contribution is -2.37. The van der Waals surface area contributed by atoms with Crippen molar-refractivity contribution >= 4 is 19.8 Å². The number of hydrogen-bond donors (Lipinski definition) is 0. The van der Waals surface area contributed by atoms with Gasteiger partial charge in [0.15, 0.2) is 6.10 Å². The Hall–Kier alpha value is -2.55. The van der Waals surface area contributed by atoms with Crippen LogP contribution in [0.3, 0.4) is 0 Å². The monoisotopic (exact) mass is 904 g/mol. The van der Waals surface area contributed by atoms with Gasteiger partial charge in [-0.05, 0) is 83.5 Å². The molecule has 10 heteroatoms. The minimum absolute atomic E-state index is 0.0371. The van der Waals surface area contributed by atoms with Crippen LogP contribution in [0.2, 0.25) is 0 Å². The van der Waals surface area contributed by atoms with Gasteiger partial charge < -0.3 is 27.9 Å². The average Bonchev–Trinajstić information content (AvgIpc) is 3.24. The van der Waals surface area contributed by atoms with E-state index in [4.69, 9.17) is 18.5 Å². The van der Waals surface area contributed by atoms with Crippen LogP contribution in [-0.2, 0) is 32.7 Å². The van der Waals surface area contributed by atoms with Crippen molar-refractivity contribution < 1.29 is 42.1 Å². The zero-order valence-corrected chi connectivity index (χ0v) is 41.9. The SMILES string of the molecule is CC/C=C\C/C=C\C/C=C\C/C=C\CCCCCCCCCCCCC(=O)OC(COC(=O)CCCCCCC/C=C\C/C=C\CCCCCC)COP(=O)([O-])OCC[N+](C)(C)C. The van der Waals surface area contributed by atoms with Gasteiger partial charge in [0.05, 0.1) is 27.7 Å². The average molecular weight is 904 g/mol. The van der Waals surface area contributed by atoms with Crippen molar-refractivity contribution in [3.8, 4) is 0 Å². The molecule has 364 valence electrons. The highest BCUT2D eigenvalue weighted by molar-refractivity contribution is 7.45. The number of quaternary nitrogens is 1. The standard InChI is InChI=1S/C53H94NO8P/c1-6-8-10-12-14-16-18-20-22-24-25-26-27-28-29-30-32-34-36-38-40-42-44-46-53(56)62-51(50-61-63(57,58)60-48-47-54(3,4)5)49-59-52(55)45-43-41-39-37-35-33-31-23-21-19-17-15-13-11-9-7-2/h8,10,14,16-17,19-20,22-23,25-26,31,51H,6-7,9,11-13,15,18,21,24,27-30,32-50H2,1-5H3/b10-8-,16-14-,19-17-,22-20-,26-25-,31-23-. The molecular formula is C53H94NO8P. The van der Waals surface area contributed by atoms with Crippen LogP contribution in [-0.4, -0.2) is 70.0 Å². The summed E-state index contributed by atoms with van der Waals surface area (Å²) in [6, 6.07) is 0. The van der Waals surface area contributed by atoms with Crippen LogP contribution in [0.4, 0.5) is 0 Å². The first-order chi connectivity index (χ1) is 30.5. The molecule has 0 aliphatic rings. The molecule has 9 nitrogen and oxygen atoms in total. The molecule has 0 aromatic rings. The summed E-state index contributed by atoms with van der Waals surface area (Å²) in [5.74, 6) is -0.857. The van der Waals surface area contributed by atoms with Crippen molar-refractivity contribution in [1.29, 1.82) is 0 Å². The fourth-order valence-corrected chi connectivity index (χ4v) is 7.29. The Kier molecular flexibility index (Phi) is 42.8. The van der Waals surface area contributed by atoms with E-state index in [-0.39, 0.29) is 26.1 Å². The summed E-state index contributed by atoms with van der Waals surface area (Å²) in [6.07, 6.45) is 56.4. The van der Waals surface area contributed by atoms with Crippen LogP contribution in [0.1, 0.15) is 200 Å². The first-order valence-electron chi connectivity index (χ1n) is 25.1. The highest BCUT2D eigenvalue weighted by Crippen LogP contribution is 2.38. The molecule has 2 atom stereocenters. The minimum atomic E-state index is -4.64. The molecule has 0 saturated carbocycles. The summed E-state index contributed by atoms with van der Waals surface area (Å²) in [5.41, 5.74) is 0. The maximum atomic E-state index is 12.7. The Morgan fingerprint density at radius 1 is 0.508 bits per heavy atom. The Morgan fingerprint density at radius 3 is 1.35 bits per heavy atom. The van der Waals surface area contributed by atoms with Gasteiger partial charge in [-0.2, -0.15) is 0 Å². The zero-order valence-electron chi connectivity index (χ0n) is 41.0. The Balaban J connectivity index is 4.29. The van der Waals surface area contributed by atoms with Gasteiger partial charge in [0, 0.05) is 12.8 Å². The number of hydrogen-bond acceptors (Lipinski definition) is 8. The summed E-state index contributed by atoms with van der Waals surface area (Å²) in [6.45, 7) is 4.08. The van der Waals surface area contributed by atoms with Crippen molar-refractivity contribution in [2.45, 2.75) is 206 Å². The molecular weight excluding hydrogens is 810 g/mol. The Labute approximate surface area is 387 Å². The van der Waals surface area contributed by atoms with Crippen molar-refractivity contribution in [3.63, 3.8) is 0 Å². The number of phosphoric ester groups is 1. The van der Waals surface area contributed by atoms with Crippen molar-refractivity contribution in [2.24, 2.45) is 0 Å². The van der Waals surface area contributed by atoms with Crippen LogP contribution >= 0.6 is 7.82 Å². The van der Waals surface area contributed by atoms with E-state index >= 15 is 0 Å².